The van der Waals surface area contributed by atoms with Crippen LogP contribution >= 0.6 is 11.3 Å². The van der Waals surface area contributed by atoms with Crippen LogP contribution in [0, 0.1) is 0 Å². The summed E-state index contributed by atoms with van der Waals surface area (Å²) >= 11 is 1.81. The Balaban J connectivity index is 2.33. The van der Waals surface area contributed by atoms with E-state index in [0.717, 1.165) is 25.8 Å². The number of rotatable bonds is 4. The highest BCUT2D eigenvalue weighted by atomic mass is 32.1. The normalized spacial score (nSPS) is 30.6. The molecule has 21 heavy (non-hydrogen) atoms. The van der Waals surface area contributed by atoms with Gasteiger partial charge in [0.25, 0.3) is 0 Å². The van der Waals surface area contributed by atoms with E-state index in [1.54, 1.807) is 0 Å². The molecule has 3 nitrogen and oxygen atoms in total. The van der Waals surface area contributed by atoms with E-state index >= 15 is 0 Å². The fraction of sp³-hybridized carbons (Fsp3) is 0.824. The Kier molecular flexibility index (Phi) is 5.11. The van der Waals surface area contributed by atoms with E-state index in [4.69, 9.17) is 9.72 Å². The average molecular weight is 311 g/mol. The third kappa shape index (κ3) is 3.85. The van der Waals surface area contributed by atoms with Crippen molar-refractivity contribution in [2.75, 3.05) is 6.54 Å². The second-order valence-corrected chi connectivity index (χ2v) is 8.32. The number of hydrogen-bond donors (Lipinski definition) is 1. The third-order valence-corrected chi connectivity index (χ3v) is 5.18. The van der Waals surface area contributed by atoms with Crippen molar-refractivity contribution in [3.05, 3.63) is 16.1 Å². The third-order valence-electron chi connectivity index (χ3n) is 4.13. The first-order valence-corrected chi connectivity index (χ1v) is 9.02. The number of ether oxygens (including phenoxy) is 1. The molecule has 0 aliphatic carbocycles. The van der Waals surface area contributed by atoms with E-state index in [1.807, 2.05) is 11.3 Å². The molecule has 2 heterocycles. The molecule has 0 saturated carbocycles. The summed E-state index contributed by atoms with van der Waals surface area (Å²) in [7, 11) is 0. The van der Waals surface area contributed by atoms with Crippen molar-refractivity contribution < 1.29 is 4.74 Å². The lowest BCUT2D eigenvalue weighted by Crippen LogP contribution is -2.51. The van der Waals surface area contributed by atoms with Gasteiger partial charge in [-0.3, -0.25) is 0 Å². The Morgan fingerprint density at radius 2 is 1.95 bits per heavy atom. The van der Waals surface area contributed by atoms with Gasteiger partial charge < -0.3 is 10.1 Å². The highest BCUT2D eigenvalue weighted by molar-refractivity contribution is 7.09. The molecule has 0 radical (unpaired) electrons. The van der Waals surface area contributed by atoms with Crippen LogP contribution in [0.2, 0.25) is 0 Å². The van der Waals surface area contributed by atoms with Crippen molar-refractivity contribution in [2.45, 2.75) is 84.0 Å². The van der Waals surface area contributed by atoms with Gasteiger partial charge in [-0.1, -0.05) is 27.7 Å². The first-order chi connectivity index (χ1) is 9.77. The van der Waals surface area contributed by atoms with Crippen molar-refractivity contribution in [2.24, 2.45) is 0 Å². The zero-order valence-corrected chi connectivity index (χ0v) is 15.1. The maximum Gasteiger partial charge on any atom is 0.113 e. The molecule has 0 amide bonds. The van der Waals surface area contributed by atoms with Crippen molar-refractivity contribution >= 4 is 11.3 Å². The monoisotopic (exact) mass is 310 g/mol. The van der Waals surface area contributed by atoms with Crippen molar-refractivity contribution in [3.8, 4) is 0 Å². The molecule has 0 aromatic carbocycles. The van der Waals surface area contributed by atoms with Crippen molar-refractivity contribution in [3.63, 3.8) is 0 Å². The van der Waals surface area contributed by atoms with Crippen molar-refractivity contribution in [1.29, 1.82) is 0 Å². The molecule has 4 heteroatoms. The van der Waals surface area contributed by atoms with Crippen molar-refractivity contribution in [1.82, 2.24) is 10.3 Å². The Labute approximate surface area is 133 Å². The zero-order valence-electron chi connectivity index (χ0n) is 14.3. The van der Waals surface area contributed by atoms with Gasteiger partial charge in [-0.15, -0.1) is 11.3 Å². The van der Waals surface area contributed by atoms with E-state index in [2.05, 4.69) is 52.2 Å². The van der Waals surface area contributed by atoms with Gasteiger partial charge in [0.2, 0.25) is 0 Å². The van der Waals surface area contributed by atoms with Crippen LogP contribution in [0.15, 0.2) is 5.38 Å². The number of hydrogen-bond acceptors (Lipinski definition) is 4. The minimum absolute atomic E-state index is 0.0126. The topological polar surface area (TPSA) is 34.2 Å². The van der Waals surface area contributed by atoms with Crippen LogP contribution in [0.5, 0.6) is 0 Å². The van der Waals surface area contributed by atoms with Crippen LogP contribution in [0.1, 0.15) is 71.5 Å². The van der Waals surface area contributed by atoms with Gasteiger partial charge in [0.05, 0.1) is 23.4 Å². The second-order valence-electron chi connectivity index (χ2n) is 7.46. The quantitative estimate of drug-likeness (QED) is 0.904. The van der Waals surface area contributed by atoms with Crippen LogP contribution in [-0.2, 0) is 15.7 Å². The molecule has 2 unspecified atom stereocenters. The first-order valence-electron chi connectivity index (χ1n) is 8.14. The molecule has 1 fully saturated rings. The van der Waals surface area contributed by atoms with E-state index in [-0.39, 0.29) is 23.2 Å². The summed E-state index contributed by atoms with van der Waals surface area (Å²) in [5.74, 6) is 0. The van der Waals surface area contributed by atoms with E-state index in [9.17, 15) is 0 Å². The van der Waals surface area contributed by atoms with Gasteiger partial charge >= 0.3 is 0 Å². The molecule has 2 atom stereocenters. The van der Waals surface area contributed by atoms with E-state index in [0.29, 0.717) is 0 Å². The van der Waals surface area contributed by atoms with Crippen LogP contribution in [0.4, 0.5) is 0 Å². The summed E-state index contributed by atoms with van der Waals surface area (Å²) in [6, 6.07) is 0. The minimum atomic E-state index is -0.0126. The summed E-state index contributed by atoms with van der Waals surface area (Å²) < 4.78 is 5.95. The maximum atomic E-state index is 5.95. The summed E-state index contributed by atoms with van der Waals surface area (Å²) in [6.07, 6.45) is 3.71. The molecule has 1 saturated heterocycles. The lowest BCUT2D eigenvalue weighted by atomic mass is 9.84. The van der Waals surface area contributed by atoms with Gasteiger partial charge in [0.1, 0.15) is 5.01 Å². The van der Waals surface area contributed by atoms with E-state index in [1.165, 1.54) is 10.7 Å². The molecule has 1 aromatic heterocycles. The largest absolute Gasteiger partial charge is 0.375 e. The molecular weight excluding hydrogens is 280 g/mol. The Hall–Kier alpha value is -0.450. The molecule has 1 aliphatic heterocycles. The molecule has 0 bridgehead atoms. The molecule has 1 N–H and O–H groups in total. The highest BCUT2D eigenvalue weighted by Gasteiger charge is 2.42. The fourth-order valence-corrected chi connectivity index (χ4v) is 4.40. The summed E-state index contributed by atoms with van der Waals surface area (Å²) in [5.41, 5.74) is 1.30. The van der Waals surface area contributed by atoms with Crippen LogP contribution in [-0.4, -0.2) is 23.7 Å². The van der Waals surface area contributed by atoms with Gasteiger partial charge in [0.15, 0.2) is 0 Å². The minimum Gasteiger partial charge on any atom is -0.375 e. The lowest BCUT2D eigenvalue weighted by molar-refractivity contribution is -0.0712. The first kappa shape index (κ1) is 16.9. The van der Waals surface area contributed by atoms with Gasteiger partial charge in [-0.25, -0.2) is 4.98 Å². The number of aromatic nitrogens is 1. The van der Waals surface area contributed by atoms with Gasteiger partial charge in [-0.2, -0.15) is 0 Å². The van der Waals surface area contributed by atoms with Gasteiger partial charge in [0, 0.05) is 10.8 Å². The molecular formula is C17H30N2OS. The standard InChI is InChI=1S/C17H30N2OS/c1-7-8-18-17(9-12(2)20-13(3)10-17)15-19-14(11-21-15)16(4,5)6/h11-13,18H,7-10H2,1-6H3. The van der Waals surface area contributed by atoms with Crippen LogP contribution in [0.3, 0.4) is 0 Å². The fourth-order valence-electron chi connectivity index (χ4n) is 3.15. The number of thiazole rings is 1. The second kappa shape index (κ2) is 6.35. The summed E-state index contributed by atoms with van der Waals surface area (Å²) in [6.45, 7) is 14.3. The molecule has 120 valence electrons. The Morgan fingerprint density at radius 1 is 1.33 bits per heavy atom. The molecule has 2 rings (SSSR count). The predicted molar refractivity (Wildman–Crippen MR) is 90.0 cm³/mol. The highest BCUT2D eigenvalue weighted by Crippen LogP contribution is 2.40. The number of nitrogens with zero attached hydrogens (tertiary/aromatic N) is 1. The maximum absolute atomic E-state index is 5.95. The van der Waals surface area contributed by atoms with Gasteiger partial charge in [-0.05, 0) is 39.7 Å². The molecule has 1 aromatic rings. The summed E-state index contributed by atoms with van der Waals surface area (Å²) in [5, 5.41) is 7.27. The smallest absolute Gasteiger partial charge is 0.113 e. The van der Waals surface area contributed by atoms with Crippen LogP contribution < -0.4 is 5.32 Å². The Bertz CT molecular complexity index is 454. The average Bonchev–Trinajstić information content (AvgIpc) is 2.85. The predicted octanol–water partition coefficient (Wildman–Crippen LogP) is 4.22. The lowest BCUT2D eigenvalue weighted by Gasteiger charge is -2.42. The van der Waals surface area contributed by atoms with E-state index < -0.39 is 0 Å². The Morgan fingerprint density at radius 3 is 2.43 bits per heavy atom. The zero-order chi connectivity index (χ0) is 15.7. The molecule has 0 spiro atoms. The summed E-state index contributed by atoms with van der Waals surface area (Å²) in [4.78, 5) is 5.00. The SMILES string of the molecule is CCCNC1(c2nc(C(C)(C)C)cs2)CC(C)OC(C)C1. The van der Waals surface area contributed by atoms with Crippen LogP contribution in [0.25, 0.3) is 0 Å². The number of nitrogens with one attached hydrogen (secondary N) is 1. The molecule has 1 aliphatic rings.